The number of aliphatic hydroxyl groups excluding tert-OH is 1. The molecule has 0 unspecified atom stereocenters. The summed E-state index contributed by atoms with van der Waals surface area (Å²) in [7, 11) is 0. The standard InChI is InChI=1S/C21H29NO3/c1-13(2)18-10-19-17(12-25-20(19)7-14(18)3)9-21(24)22-6-5-16(11-23)8-15(22)4/h7,10,12-13,15-16,23H,5-6,8-9,11H2,1-4H3/t15-,16-/m0/s1. The number of hydrogen-bond donors (Lipinski definition) is 1. The van der Waals surface area contributed by atoms with E-state index in [0.717, 1.165) is 35.9 Å². The number of likely N-dealkylation sites (tertiary alicyclic amines) is 1. The lowest BCUT2D eigenvalue weighted by atomic mass is 9.91. The number of hydrogen-bond acceptors (Lipinski definition) is 3. The van der Waals surface area contributed by atoms with E-state index in [2.05, 4.69) is 39.8 Å². The van der Waals surface area contributed by atoms with Gasteiger partial charge in [-0.25, -0.2) is 0 Å². The van der Waals surface area contributed by atoms with Gasteiger partial charge in [-0.05, 0) is 61.8 Å². The minimum atomic E-state index is 0.151. The molecule has 0 bridgehead atoms. The molecule has 1 fully saturated rings. The number of aryl methyl sites for hydroxylation is 1. The summed E-state index contributed by atoms with van der Waals surface area (Å²) in [6.45, 7) is 9.51. The topological polar surface area (TPSA) is 53.7 Å². The molecule has 0 spiro atoms. The molecule has 0 aliphatic carbocycles. The zero-order chi connectivity index (χ0) is 18.1. The second-order valence-corrected chi connectivity index (χ2v) is 7.81. The van der Waals surface area contributed by atoms with E-state index in [1.165, 1.54) is 11.1 Å². The van der Waals surface area contributed by atoms with Crippen molar-refractivity contribution in [3.05, 3.63) is 35.1 Å². The van der Waals surface area contributed by atoms with Crippen LogP contribution in [-0.4, -0.2) is 35.1 Å². The van der Waals surface area contributed by atoms with Gasteiger partial charge in [-0.1, -0.05) is 13.8 Å². The Morgan fingerprint density at radius 1 is 1.40 bits per heavy atom. The molecule has 2 atom stereocenters. The summed E-state index contributed by atoms with van der Waals surface area (Å²) < 4.78 is 5.71. The van der Waals surface area contributed by atoms with Crippen molar-refractivity contribution < 1.29 is 14.3 Å². The summed E-state index contributed by atoms with van der Waals surface area (Å²) in [4.78, 5) is 14.8. The lowest BCUT2D eigenvalue weighted by Crippen LogP contribution is -2.45. The Kier molecular flexibility index (Phi) is 5.19. The number of piperidine rings is 1. The fourth-order valence-corrected chi connectivity index (χ4v) is 4.07. The Balaban J connectivity index is 1.81. The van der Waals surface area contributed by atoms with Gasteiger partial charge in [-0.15, -0.1) is 0 Å². The van der Waals surface area contributed by atoms with Gasteiger partial charge in [0.2, 0.25) is 5.91 Å². The summed E-state index contributed by atoms with van der Waals surface area (Å²) in [6, 6.07) is 4.45. The van der Waals surface area contributed by atoms with Gasteiger partial charge in [0.1, 0.15) is 5.58 Å². The van der Waals surface area contributed by atoms with Gasteiger partial charge in [-0.2, -0.15) is 0 Å². The Morgan fingerprint density at radius 2 is 2.16 bits per heavy atom. The SMILES string of the molecule is Cc1cc2occ(CC(=O)N3CC[C@H](CO)C[C@@H]3C)c2cc1C(C)C. The largest absolute Gasteiger partial charge is 0.464 e. The molecular weight excluding hydrogens is 314 g/mol. The highest BCUT2D eigenvalue weighted by Gasteiger charge is 2.28. The van der Waals surface area contributed by atoms with E-state index in [0.29, 0.717) is 18.3 Å². The van der Waals surface area contributed by atoms with Crippen LogP contribution >= 0.6 is 0 Å². The molecule has 2 heterocycles. The minimum absolute atomic E-state index is 0.151. The predicted molar refractivity (Wildman–Crippen MR) is 99.7 cm³/mol. The number of benzene rings is 1. The number of rotatable bonds is 4. The van der Waals surface area contributed by atoms with Gasteiger partial charge >= 0.3 is 0 Å². The first kappa shape index (κ1) is 18.0. The summed E-state index contributed by atoms with van der Waals surface area (Å²) in [5.74, 6) is 0.920. The van der Waals surface area contributed by atoms with Crippen LogP contribution in [0.1, 0.15) is 56.2 Å². The summed E-state index contributed by atoms with van der Waals surface area (Å²) in [6.07, 6.45) is 3.87. The average Bonchev–Trinajstić information content (AvgIpc) is 2.95. The molecule has 1 saturated heterocycles. The van der Waals surface area contributed by atoms with Crippen LogP contribution in [0.15, 0.2) is 22.8 Å². The molecule has 1 aliphatic rings. The van der Waals surface area contributed by atoms with Crippen LogP contribution < -0.4 is 0 Å². The monoisotopic (exact) mass is 343 g/mol. The minimum Gasteiger partial charge on any atom is -0.464 e. The van der Waals surface area contributed by atoms with Gasteiger partial charge in [-0.3, -0.25) is 4.79 Å². The number of nitrogens with zero attached hydrogens (tertiary/aromatic N) is 1. The number of carbonyl (C=O) groups is 1. The van der Waals surface area contributed by atoms with E-state index >= 15 is 0 Å². The maximum atomic E-state index is 12.8. The molecule has 4 nitrogen and oxygen atoms in total. The molecule has 4 heteroatoms. The van der Waals surface area contributed by atoms with Gasteiger partial charge in [0.25, 0.3) is 0 Å². The van der Waals surface area contributed by atoms with E-state index in [9.17, 15) is 9.90 Å². The van der Waals surface area contributed by atoms with Gasteiger partial charge < -0.3 is 14.4 Å². The van der Waals surface area contributed by atoms with Crippen LogP contribution in [0.25, 0.3) is 11.0 Å². The van der Waals surface area contributed by atoms with Crippen molar-refractivity contribution in [3.8, 4) is 0 Å². The van der Waals surface area contributed by atoms with Crippen LogP contribution in [0.3, 0.4) is 0 Å². The normalized spacial score (nSPS) is 21.3. The first-order chi connectivity index (χ1) is 11.9. The molecule has 25 heavy (non-hydrogen) atoms. The molecule has 1 N–H and O–H groups in total. The maximum absolute atomic E-state index is 12.8. The summed E-state index contributed by atoms with van der Waals surface area (Å²) in [5, 5.41) is 10.4. The van der Waals surface area contributed by atoms with Crippen molar-refractivity contribution in [2.75, 3.05) is 13.2 Å². The Hall–Kier alpha value is -1.81. The van der Waals surface area contributed by atoms with Crippen LogP contribution in [0.2, 0.25) is 0 Å². The fourth-order valence-electron chi connectivity index (χ4n) is 4.07. The van der Waals surface area contributed by atoms with Crippen LogP contribution in [0.5, 0.6) is 0 Å². The van der Waals surface area contributed by atoms with Crippen molar-refractivity contribution in [2.45, 2.75) is 58.9 Å². The molecule has 1 aliphatic heterocycles. The van der Waals surface area contributed by atoms with Crippen LogP contribution in [0.4, 0.5) is 0 Å². The average molecular weight is 343 g/mol. The third kappa shape index (κ3) is 3.59. The maximum Gasteiger partial charge on any atom is 0.227 e. The predicted octanol–water partition coefficient (Wildman–Crippen LogP) is 4.03. The van der Waals surface area contributed by atoms with Gasteiger partial charge in [0.05, 0.1) is 12.7 Å². The van der Waals surface area contributed by atoms with Gasteiger partial charge in [0, 0.05) is 30.1 Å². The van der Waals surface area contributed by atoms with E-state index in [1.54, 1.807) is 6.26 Å². The molecule has 1 amide bonds. The van der Waals surface area contributed by atoms with Crippen LogP contribution in [0, 0.1) is 12.8 Å². The number of furan rings is 1. The smallest absolute Gasteiger partial charge is 0.227 e. The molecule has 1 aromatic carbocycles. The van der Waals surface area contributed by atoms with Crippen molar-refractivity contribution in [1.82, 2.24) is 4.90 Å². The highest BCUT2D eigenvalue weighted by atomic mass is 16.3. The zero-order valence-corrected chi connectivity index (χ0v) is 15.7. The zero-order valence-electron chi connectivity index (χ0n) is 15.7. The molecule has 0 saturated carbocycles. The lowest BCUT2D eigenvalue weighted by molar-refractivity contribution is -0.134. The van der Waals surface area contributed by atoms with E-state index in [1.807, 2.05) is 4.90 Å². The Bertz CT molecular complexity index is 762. The number of aliphatic hydroxyl groups is 1. The molecule has 2 aromatic rings. The summed E-state index contributed by atoms with van der Waals surface area (Å²) in [5.41, 5.74) is 4.37. The highest BCUT2D eigenvalue weighted by Crippen LogP contribution is 2.30. The number of fused-ring (bicyclic) bond motifs is 1. The molecular formula is C21H29NO3. The van der Waals surface area contributed by atoms with Gasteiger partial charge in [0.15, 0.2) is 0 Å². The molecule has 136 valence electrons. The van der Waals surface area contributed by atoms with E-state index < -0.39 is 0 Å². The quantitative estimate of drug-likeness (QED) is 0.912. The molecule has 3 rings (SSSR count). The third-order valence-electron chi connectivity index (χ3n) is 5.57. The molecule has 0 radical (unpaired) electrons. The van der Waals surface area contributed by atoms with Crippen molar-refractivity contribution in [1.29, 1.82) is 0 Å². The Morgan fingerprint density at radius 3 is 2.80 bits per heavy atom. The van der Waals surface area contributed by atoms with Crippen molar-refractivity contribution >= 4 is 16.9 Å². The first-order valence-corrected chi connectivity index (χ1v) is 9.31. The van der Waals surface area contributed by atoms with Crippen LogP contribution in [-0.2, 0) is 11.2 Å². The fraction of sp³-hybridized carbons (Fsp3) is 0.571. The highest BCUT2D eigenvalue weighted by molar-refractivity contribution is 5.88. The summed E-state index contributed by atoms with van der Waals surface area (Å²) >= 11 is 0. The lowest BCUT2D eigenvalue weighted by Gasteiger charge is -2.37. The third-order valence-corrected chi connectivity index (χ3v) is 5.57. The first-order valence-electron chi connectivity index (χ1n) is 9.31. The van der Waals surface area contributed by atoms with E-state index in [4.69, 9.17) is 4.42 Å². The number of carbonyl (C=O) groups excluding carboxylic acids is 1. The van der Waals surface area contributed by atoms with Crippen molar-refractivity contribution in [3.63, 3.8) is 0 Å². The second-order valence-electron chi connectivity index (χ2n) is 7.81. The molecule has 1 aromatic heterocycles. The number of amides is 1. The second kappa shape index (κ2) is 7.20. The van der Waals surface area contributed by atoms with E-state index in [-0.39, 0.29) is 18.6 Å². The Labute approximate surface area is 149 Å². The van der Waals surface area contributed by atoms with Crippen molar-refractivity contribution in [2.24, 2.45) is 5.92 Å².